The Kier molecular flexibility index (Phi) is 6.47. The highest BCUT2D eigenvalue weighted by molar-refractivity contribution is 5.79. The van der Waals surface area contributed by atoms with Crippen molar-refractivity contribution in [3.63, 3.8) is 0 Å². The number of methoxy groups -OCH3 is 1. The van der Waals surface area contributed by atoms with Crippen molar-refractivity contribution < 1.29 is 9.53 Å². The van der Waals surface area contributed by atoms with Crippen LogP contribution in [0.4, 0.5) is 0 Å². The van der Waals surface area contributed by atoms with E-state index in [4.69, 9.17) is 10.5 Å². The van der Waals surface area contributed by atoms with E-state index in [-0.39, 0.29) is 11.9 Å². The summed E-state index contributed by atoms with van der Waals surface area (Å²) in [6, 6.07) is -0.206. The SMILES string of the molecule is CCNC(CCN1CCCC(OC)C1)C(N)=O. The molecule has 2 atom stereocenters. The van der Waals surface area contributed by atoms with Crippen molar-refractivity contribution in [2.45, 2.75) is 38.3 Å². The molecule has 0 bridgehead atoms. The minimum atomic E-state index is -0.257. The summed E-state index contributed by atoms with van der Waals surface area (Å²) in [6.07, 6.45) is 3.43. The molecule has 1 fully saturated rings. The number of ether oxygens (including phenoxy) is 1. The monoisotopic (exact) mass is 243 g/mol. The van der Waals surface area contributed by atoms with Crippen molar-refractivity contribution in [3.8, 4) is 0 Å². The third-order valence-electron chi connectivity index (χ3n) is 3.32. The van der Waals surface area contributed by atoms with E-state index in [2.05, 4.69) is 10.2 Å². The summed E-state index contributed by atoms with van der Waals surface area (Å²) in [5.74, 6) is -0.257. The van der Waals surface area contributed by atoms with Crippen molar-refractivity contribution in [2.24, 2.45) is 5.73 Å². The Bertz CT molecular complexity index is 236. The zero-order valence-electron chi connectivity index (χ0n) is 10.9. The number of hydrogen-bond acceptors (Lipinski definition) is 4. The van der Waals surface area contributed by atoms with E-state index in [9.17, 15) is 4.79 Å². The van der Waals surface area contributed by atoms with Gasteiger partial charge in [0.25, 0.3) is 0 Å². The standard InChI is InChI=1S/C12H25N3O2/c1-3-14-11(12(13)16)6-8-15-7-4-5-10(9-15)17-2/h10-11,14H,3-9H2,1-2H3,(H2,13,16). The zero-order valence-corrected chi connectivity index (χ0v) is 10.9. The van der Waals surface area contributed by atoms with Crippen LogP contribution in [-0.4, -0.2) is 56.2 Å². The third kappa shape index (κ3) is 5.02. The number of nitrogens with zero attached hydrogens (tertiary/aromatic N) is 1. The molecule has 0 saturated carbocycles. The first-order chi connectivity index (χ1) is 8.17. The molecular formula is C12H25N3O2. The van der Waals surface area contributed by atoms with E-state index in [0.717, 1.165) is 39.0 Å². The summed E-state index contributed by atoms with van der Waals surface area (Å²) in [4.78, 5) is 13.6. The predicted molar refractivity (Wildman–Crippen MR) is 67.7 cm³/mol. The lowest BCUT2D eigenvalue weighted by atomic mass is 10.1. The van der Waals surface area contributed by atoms with E-state index in [1.807, 2.05) is 6.92 Å². The number of amides is 1. The summed E-state index contributed by atoms with van der Waals surface area (Å²) < 4.78 is 5.37. The van der Waals surface area contributed by atoms with Gasteiger partial charge >= 0.3 is 0 Å². The molecule has 1 rings (SSSR count). The van der Waals surface area contributed by atoms with Crippen LogP contribution >= 0.6 is 0 Å². The van der Waals surface area contributed by atoms with Crippen LogP contribution in [0.2, 0.25) is 0 Å². The molecule has 100 valence electrons. The molecule has 0 aromatic heterocycles. The lowest BCUT2D eigenvalue weighted by molar-refractivity contribution is -0.120. The topological polar surface area (TPSA) is 67.6 Å². The third-order valence-corrected chi connectivity index (χ3v) is 3.32. The van der Waals surface area contributed by atoms with Crippen LogP contribution in [0.25, 0.3) is 0 Å². The second-order valence-electron chi connectivity index (χ2n) is 4.60. The van der Waals surface area contributed by atoms with Crippen molar-refractivity contribution >= 4 is 5.91 Å². The molecule has 0 aliphatic carbocycles. The van der Waals surface area contributed by atoms with Crippen molar-refractivity contribution in [1.82, 2.24) is 10.2 Å². The van der Waals surface area contributed by atoms with Crippen LogP contribution in [0.5, 0.6) is 0 Å². The van der Waals surface area contributed by atoms with Gasteiger partial charge in [-0.2, -0.15) is 0 Å². The predicted octanol–water partition coefficient (Wildman–Crippen LogP) is -0.0493. The second kappa shape index (κ2) is 7.63. The van der Waals surface area contributed by atoms with E-state index in [1.165, 1.54) is 6.42 Å². The van der Waals surface area contributed by atoms with Crippen molar-refractivity contribution in [3.05, 3.63) is 0 Å². The average molecular weight is 243 g/mol. The molecule has 0 spiro atoms. The number of piperidine rings is 1. The smallest absolute Gasteiger partial charge is 0.234 e. The first-order valence-electron chi connectivity index (χ1n) is 6.45. The molecule has 0 radical (unpaired) electrons. The number of likely N-dealkylation sites (tertiary alicyclic amines) is 1. The number of primary amides is 1. The van der Waals surface area contributed by atoms with Gasteiger partial charge in [-0.05, 0) is 32.4 Å². The van der Waals surface area contributed by atoms with E-state index in [1.54, 1.807) is 7.11 Å². The molecule has 1 heterocycles. The van der Waals surface area contributed by atoms with Crippen LogP contribution in [0.3, 0.4) is 0 Å². The fourth-order valence-corrected chi connectivity index (χ4v) is 2.31. The molecule has 0 aromatic rings. The number of likely N-dealkylation sites (N-methyl/N-ethyl adjacent to an activating group) is 1. The second-order valence-corrected chi connectivity index (χ2v) is 4.60. The maximum Gasteiger partial charge on any atom is 0.234 e. The molecule has 17 heavy (non-hydrogen) atoms. The maximum absolute atomic E-state index is 11.2. The number of carbonyl (C=O) groups excluding carboxylic acids is 1. The number of rotatable bonds is 7. The van der Waals surface area contributed by atoms with Gasteiger partial charge < -0.3 is 20.7 Å². The first-order valence-corrected chi connectivity index (χ1v) is 6.45. The van der Waals surface area contributed by atoms with Crippen LogP contribution in [0.15, 0.2) is 0 Å². The van der Waals surface area contributed by atoms with Gasteiger partial charge in [0, 0.05) is 20.2 Å². The van der Waals surface area contributed by atoms with E-state index >= 15 is 0 Å². The summed E-state index contributed by atoms with van der Waals surface area (Å²) in [6.45, 7) is 5.72. The molecule has 2 unspecified atom stereocenters. The van der Waals surface area contributed by atoms with Crippen molar-refractivity contribution in [1.29, 1.82) is 0 Å². The first kappa shape index (κ1) is 14.4. The number of carbonyl (C=O) groups is 1. The minimum absolute atomic E-state index is 0.206. The Hall–Kier alpha value is -0.650. The van der Waals surface area contributed by atoms with Crippen LogP contribution in [0, 0.1) is 0 Å². The van der Waals surface area contributed by atoms with Gasteiger partial charge in [0.2, 0.25) is 5.91 Å². The van der Waals surface area contributed by atoms with Gasteiger partial charge in [-0.15, -0.1) is 0 Å². The zero-order chi connectivity index (χ0) is 12.7. The Morgan fingerprint density at radius 1 is 1.65 bits per heavy atom. The maximum atomic E-state index is 11.2. The molecule has 1 aliphatic rings. The van der Waals surface area contributed by atoms with Gasteiger partial charge in [-0.3, -0.25) is 4.79 Å². The van der Waals surface area contributed by atoms with Gasteiger partial charge in [0.15, 0.2) is 0 Å². The fourth-order valence-electron chi connectivity index (χ4n) is 2.31. The largest absolute Gasteiger partial charge is 0.380 e. The Balaban J connectivity index is 2.30. The van der Waals surface area contributed by atoms with Gasteiger partial charge in [-0.25, -0.2) is 0 Å². The molecule has 5 heteroatoms. The summed E-state index contributed by atoms with van der Waals surface area (Å²) in [7, 11) is 1.76. The summed E-state index contributed by atoms with van der Waals surface area (Å²) in [5, 5.41) is 3.11. The molecule has 1 saturated heterocycles. The number of nitrogens with one attached hydrogen (secondary N) is 1. The van der Waals surface area contributed by atoms with Crippen LogP contribution < -0.4 is 11.1 Å². The van der Waals surface area contributed by atoms with Gasteiger partial charge in [0.1, 0.15) is 0 Å². The van der Waals surface area contributed by atoms with Gasteiger partial charge in [-0.1, -0.05) is 6.92 Å². The minimum Gasteiger partial charge on any atom is -0.380 e. The summed E-state index contributed by atoms with van der Waals surface area (Å²) in [5.41, 5.74) is 5.35. The van der Waals surface area contributed by atoms with E-state index < -0.39 is 0 Å². The Morgan fingerprint density at radius 3 is 3.00 bits per heavy atom. The average Bonchev–Trinajstić information content (AvgIpc) is 2.34. The number of hydrogen-bond donors (Lipinski definition) is 2. The molecule has 5 nitrogen and oxygen atoms in total. The normalized spacial score (nSPS) is 23.5. The highest BCUT2D eigenvalue weighted by Crippen LogP contribution is 2.12. The lowest BCUT2D eigenvalue weighted by Gasteiger charge is -2.32. The number of nitrogens with two attached hydrogens (primary N) is 1. The molecule has 1 amide bonds. The molecule has 3 N–H and O–H groups in total. The lowest BCUT2D eigenvalue weighted by Crippen LogP contribution is -2.45. The van der Waals surface area contributed by atoms with Gasteiger partial charge in [0.05, 0.1) is 12.1 Å². The molecule has 1 aliphatic heterocycles. The van der Waals surface area contributed by atoms with E-state index in [0.29, 0.717) is 6.10 Å². The van der Waals surface area contributed by atoms with Crippen LogP contribution in [-0.2, 0) is 9.53 Å². The fraction of sp³-hybridized carbons (Fsp3) is 0.917. The molecule has 0 aromatic carbocycles. The molecular weight excluding hydrogens is 218 g/mol. The van der Waals surface area contributed by atoms with Crippen molar-refractivity contribution in [2.75, 3.05) is 33.3 Å². The quantitative estimate of drug-likeness (QED) is 0.658. The van der Waals surface area contributed by atoms with Crippen LogP contribution in [0.1, 0.15) is 26.2 Å². The summed E-state index contributed by atoms with van der Waals surface area (Å²) >= 11 is 0. The highest BCUT2D eigenvalue weighted by atomic mass is 16.5. The Labute approximate surface area is 104 Å². The Morgan fingerprint density at radius 2 is 2.41 bits per heavy atom. The highest BCUT2D eigenvalue weighted by Gasteiger charge is 2.21.